The minimum Gasteiger partial charge on any atom is -0.285 e. The normalized spacial score (nSPS) is 9.26. The number of Topliss-reactive ketones (excluding diaryl/α,β-unsaturated/α-hetero) is 1. The van der Waals surface area contributed by atoms with Crippen LogP contribution in [0.3, 0.4) is 0 Å². The van der Waals surface area contributed by atoms with Crippen molar-refractivity contribution in [2.24, 2.45) is 0 Å². The Labute approximate surface area is 113 Å². The highest BCUT2D eigenvalue weighted by molar-refractivity contribution is 5.97. The fourth-order valence-corrected chi connectivity index (χ4v) is 1.77. The van der Waals surface area contributed by atoms with Crippen molar-refractivity contribution in [3.8, 4) is 11.8 Å². The molecular weight excluding hydrogens is 232 g/mol. The summed E-state index contributed by atoms with van der Waals surface area (Å²) in [6.45, 7) is 3.75. The second-order valence-corrected chi connectivity index (χ2v) is 4.12. The quantitative estimate of drug-likeness (QED) is 0.758. The van der Waals surface area contributed by atoms with Crippen molar-refractivity contribution in [1.29, 1.82) is 0 Å². The first-order valence-corrected chi connectivity index (χ1v) is 6.10. The van der Waals surface area contributed by atoms with Crippen LogP contribution < -0.4 is 0 Å². The smallest absolute Gasteiger partial charge is 0.210 e. The van der Waals surface area contributed by atoms with Crippen LogP contribution >= 0.6 is 0 Å². The summed E-state index contributed by atoms with van der Waals surface area (Å²) in [7, 11) is 0. The predicted octanol–water partition coefficient (Wildman–Crippen LogP) is 3.49. The fraction of sp³-hybridized carbons (Fsp3) is 0.0556. The summed E-state index contributed by atoms with van der Waals surface area (Å²) in [4.78, 5) is 11.8. The van der Waals surface area contributed by atoms with E-state index >= 15 is 0 Å². The van der Waals surface area contributed by atoms with Gasteiger partial charge in [-0.2, -0.15) is 0 Å². The Bertz CT molecular complexity index is 642. The number of benzene rings is 2. The minimum atomic E-state index is -0.0850. The molecule has 0 heterocycles. The van der Waals surface area contributed by atoms with Crippen molar-refractivity contribution in [1.82, 2.24) is 0 Å². The molecule has 0 aliphatic carbocycles. The summed E-state index contributed by atoms with van der Waals surface area (Å²) < 4.78 is 0. The highest BCUT2D eigenvalue weighted by Gasteiger charge is 2.03. The topological polar surface area (TPSA) is 17.1 Å². The van der Waals surface area contributed by atoms with Crippen LogP contribution in [0.25, 0.3) is 6.08 Å². The van der Waals surface area contributed by atoms with E-state index in [1.54, 1.807) is 6.08 Å². The van der Waals surface area contributed by atoms with Gasteiger partial charge in [-0.1, -0.05) is 61.0 Å². The molecule has 0 bridgehead atoms. The van der Waals surface area contributed by atoms with Gasteiger partial charge < -0.3 is 0 Å². The van der Waals surface area contributed by atoms with Crippen molar-refractivity contribution in [3.05, 3.63) is 77.9 Å². The van der Waals surface area contributed by atoms with Gasteiger partial charge in [0, 0.05) is 12.0 Å². The lowest BCUT2D eigenvalue weighted by atomic mass is 10.0. The molecule has 0 radical (unpaired) electrons. The van der Waals surface area contributed by atoms with Gasteiger partial charge in [-0.3, -0.25) is 4.79 Å². The number of hydrogen-bond acceptors (Lipinski definition) is 1. The van der Waals surface area contributed by atoms with Gasteiger partial charge in [0.2, 0.25) is 5.78 Å². The van der Waals surface area contributed by atoms with Crippen molar-refractivity contribution in [2.45, 2.75) is 6.42 Å². The Morgan fingerprint density at radius 3 is 2.47 bits per heavy atom. The van der Waals surface area contributed by atoms with E-state index in [4.69, 9.17) is 0 Å². The molecule has 2 aromatic rings. The van der Waals surface area contributed by atoms with E-state index in [2.05, 4.69) is 18.4 Å². The van der Waals surface area contributed by atoms with E-state index in [0.717, 1.165) is 16.7 Å². The summed E-state index contributed by atoms with van der Waals surface area (Å²) >= 11 is 0. The maximum Gasteiger partial charge on any atom is 0.210 e. The third-order valence-electron chi connectivity index (χ3n) is 2.75. The van der Waals surface area contributed by atoms with Crippen LogP contribution in [-0.4, -0.2) is 5.78 Å². The largest absolute Gasteiger partial charge is 0.285 e. The molecule has 0 N–H and O–H groups in total. The zero-order chi connectivity index (χ0) is 13.5. The lowest BCUT2D eigenvalue weighted by Crippen LogP contribution is -2.00. The molecule has 0 saturated heterocycles. The standard InChI is InChI=1S/C18H14O/c1-2-16-10-6-7-11-17(16)14-18(19)13-12-15-8-4-3-5-9-15/h2-11H,1,14H2. The van der Waals surface area contributed by atoms with Crippen LogP contribution in [0, 0.1) is 11.8 Å². The number of carbonyl (C=O) groups is 1. The average Bonchev–Trinajstić information content (AvgIpc) is 2.47. The van der Waals surface area contributed by atoms with Crippen LogP contribution in [0.4, 0.5) is 0 Å². The van der Waals surface area contributed by atoms with Gasteiger partial charge >= 0.3 is 0 Å². The zero-order valence-electron chi connectivity index (χ0n) is 10.6. The van der Waals surface area contributed by atoms with Gasteiger partial charge in [-0.05, 0) is 29.2 Å². The van der Waals surface area contributed by atoms with E-state index in [1.165, 1.54) is 0 Å². The molecule has 0 saturated carbocycles. The summed E-state index contributed by atoms with van der Waals surface area (Å²) in [5.41, 5.74) is 2.80. The molecule has 2 rings (SSSR count). The summed E-state index contributed by atoms with van der Waals surface area (Å²) in [5.74, 6) is 5.47. The molecule has 0 amide bonds. The molecule has 0 unspecified atom stereocenters. The van der Waals surface area contributed by atoms with Gasteiger partial charge in [-0.25, -0.2) is 0 Å². The number of rotatable bonds is 3. The first-order chi connectivity index (χ1) is 9.29. The summed E-state index contributed by atoms with van der Waals surface area (Å²) in [6, 6.07) is 17.2. The Morgan fingerprint density at radius 2 is 1.74 bits per heavy atom. The molecule has 0 aliphatic heterocycles. The van der Waals surface area contributed by atoms with Gasteiger partial charge in [0.25, 0.3) is 0 Å². The lowest BCUT2D eigenvalue weighted by Gasteiger charge is -2.01. The molecule has 1 nitrogen and oxygen atoms in total. The monoisotopic (exact) mass is 246 g/mol. The second kappa shape index (κ2) is 6.37. The molecule has 0 spiro atoms. The number of carbonyl (C=O) groups excluding carboxylic acids is 1. The summed E-state index contributed by atoms with van der Waals surface area (Å²) in [6.07, 6.45) is 2.08. The highest BCUT2D eigenvalue weighted by atomic mass is 16.1. The van der Waals surface area contributed by atoms with Crippen LogP contribution in [0.5, 0.6) is 0 Å². The molecule has 0 atom stereocenters. The van der Waals surface area contributed by atoms with E-state index < -0.39 is 0 Å². The Hall–Kier alpha value is -2.59. The SMILES string of the molecule is C=Cc1ccccc1CC(=O)C#Cc1ccccc1. The van der Waals surface area contributed by atoms with E-state index in [9.17, 15) is 4.79 Å². The molecule has 0 aromatic heterocycles. The van der Waals surface area contributed by atoms with Gasteiger partial charge in [0.1, 0.15) is 0 Å². The Kier molecular flexibility index (Phi) is 4.31. The molecule has 92 valence electrons. The molecule has 1 heteroatoms. The van der Waals surface area contributed by atoms with Gasteiger partial charge in [-0.15, -0.1) is 0 Å². The molecule has 0 fully saturated rings. The third-order valence-corrected chi connectivity index (χ3v) is 2.75. The van der Waals surface area contributed by atoms with Crippen LogP contribution in [0.1, 0.15) is 16.7 Å². The van der Waals surface area contributed by atoms with Crippen molar-refractivity contribution < 1.29 is 4.79 Å². The average molecular weight is 246 g/mol. The Balaban J connectivity index is 2.10. The van der Waals surface area contributed by atoms with E-state index in [1.807, 2.05) is 54.6 Å². The zero-order valence-corrected chi connectivity index (χ0v) is 10.6. The van der Waals surface area contributed by atoms with Gasteiger partial charge in [0.15, 0.2) is 0 Å². The minimum absolute atomic E-state index is 0.0850. The van der Waals surface area contributed by atoms with Crippen LogP contribution in [0.15, 0.2) is 61.2 Å². The first-order valence-electron chi connectivity index (χ1n) is 6.10. The second-order valence-electron chi connectivity index (χ2n) is 4.12. The van der Waals surface area contributed by atoms with Crippen molar-refractivity contribution >= 4 is 11.9 Å². The van der Waals surface area contributed by atoms with Crippen LogP contribution in [-0.2, 0) is 11.2 Å². The van der Waals surface area contributed by atoms with Gasteiger partial charge in [0.05, 0.1) is 0 Å². The van der Waals surface area contributed by atoms with E-state index in [-0.39, 0.29) is 5.78 Å². The lowest BCUT2D eigenvalue weighted by molar-refractivity contribution is -0.113. The maximum atomic E-state index is 11.8. The van der Waals surface area contributed by atoms with E-state index in [0.29, 0.717) is 6.42 Å². The predicted molar refractivity (Wildman–Crippen MR) is 78.6 cm³/mol. The number of ketones is 1. The Morgan fingerprint density at radius 1 is 1.05 bits per heavy atom. The molecular formula is C18H14O. The molecule has 0 aliphatic rings. The highest BCUT2D eigenvalue weighted by Crippen LogP contribution is 2.10. The fourth-order valence-electron chi connectivity index (χ4n) is 1.77. The van der Waals surface area contributed by atoms with Crippen molar-refractivity contribution in [3.63, 3.8) is 0 Å². The third kappa shape index (κ3) is 3.69. The van der Waals surface area contributed by atoms with Crippen LogP contribution in [0.2, 0.25) is 0 Å². The molecule has 19 heavy (non-hydrogen) atoms. The first kappa shape index (κ1) is 12.9. The maximum absolute atomic E-state index is 11.8. The van der Waals surface area contributed by atoms with Crippen molar-refractivity contribution in [2.75, 3.05) is 0 Å². The summed E-state index contributed by atoms with van der Waals surface area (Å²) in [5, 5.41) is 0. The number of hydrogen-bond donors (Lipinski definition) is 0. The molecule has 2 aromatic carbocycles.